The van der Waals surface area contributed by atoms with Crippen LogP contribution in [0.1, 0.15) is 0 Å². The Bertz CT molecular complexity index is 212. The lowest BCUT2D eigenvalue weighted by Crippen LogP contribution is -1.78. The van der Waals surface area contributed by atoms with E-state index in [1.54, 1.807) is 6.07 Å². The molecule has 0 aliphatic carbocycles. The van der Waals surface area contributed by atoms with Crippen molar-refractivity contribution in [2.75, 3.05) is 0 Å². The summed E-state index contributed by atoms with van der Waals surface area (Å²) in [7, 11) is 0. The first-order valence-electron chi connectivity index (χ1n) is 2.45. The third-order valence-electron chi connectivity index (χ3n) is 0.990. The molecular weight excluding hydrogens is 283 g/mol. The van der Waals surface area contributed by atoms with Crippen molar-refractivity contribution in [3.8, 4) is 0 Å². The molecule has 0 saturated carbocycles. The summed E-state index contributed by atoms with van der Waals surface area (Å²) in [5.41, 5.74) is 0. The van der Waals surface area contributed by atoms with E-state index in [4.69, 9.17) is 0 Å². The van der Waals surface area contributed by atoms with E-state index < -0.39 is 0 Å². The van der Waals surface area contributed by atoms with E-state index >= 15 is 0 Å². The maximum absolute atomic E-state index is 12.6. The number of halogens is 3. The predicted molar refractivity (Wildman–Crippen MR) is 49.1 cm³/mol. The van der Waals surface area contributed by atoms with Crippen LogP contribution < -0.4 is 0 Å². The first kappa shape index (κ1) is 8.56. The van der Waals surface area contributed by atoms with Crippen molar-refractivity contribution in [2.24, 2.45) is 0 Å². The Morgan fingerprint density at radius 2 is 1.80 bits per heavy atom. The summed E-state index contributed by atoms with van der Waals surface area (Å²) in [6.07, 6.45) is 0. The Labute approximate surface area is 80.5 Å². The summed E-state index contributed by atoms with van der Waals surface area (Å²) >= 11 is 10.3. The van der Waals surface area contributed by atoms with Gasteiger partial charge in [-0.15, -0.1) is 12.6 Å². The molecule has 54 valence electrons. The highest BCUT2D eigenvalue weighted by molar-refractivity contribution is 9.11. The van der Waals surface area contributed by atoms with Crippen molar-refractivity contribution in [1.29, 1.82) is 0 Å². The van der Waals surface area contributed by atoms with E-state index in [0.717, 1.165) is 4.47 Å². The fourth-order valence-corrected chi connectivity index (χ4v) is 1.68. The fourth-order valence-electron chi connectivity index (χ4n) is 0.512. The molecule has 1 rings (SSSR count). The van der Waals surface area contributed by atoms with Gasteiger partial charge < -0.3 is 0 Å². The molecule has 0 unspecified atom stereocenters. The summed E-state index contributed by atoms with van der Waals surface area (Å²) in [5, 5.41) is 0. The van der Waals surface area contributed by atoms with E-state index in [1.807, 2.05) is 0 Å². The van der Waals surface area contributed by atoms with Crippen molar-refractivity contribution in [3.05, 3.63) is 26.9 Å². The lowest BCUT2D eigenvalue weighted by Gasteiger charge is -1.97. The lowest BCUT2D eigenvalue weighted by atomic mass is 10.3. The number of hydrogen-bond acceptors (Lipinski definition) is 1. The Hall–Kier alpha value is 0.460. The molecule has 0 aliphatic heterocycles. The topological polar surface area (TPSA) is 0 Å². The highest BCUT2D eigenvalue weighted by Crippen LogP contribution is 2.26. The molecule has 0 aliphatic rings. The maximum atomic E-state index is 12.6. The fraction of sp³-hybridized carbons (Fsp3) is 0. The lowest BCUT2D eigenvalue weighted by molar-refractivity contribution is 0.617. The van der Waals surface area contributed by atoms with Crippen LogP contribution in [0.4, 0.5) is 4.39 Å². The van der Waals surface area contributed by atoms with Crippen LogP contribution in [0.5, 0.6) is 0 Å². The van der Waals surface area contributed by atoms with Crippen molar-refractivity contribution >= 4 is 44.5 Å². The Morgan fingerprint density at radius 3 is 2.30 bits per heavy atom. The quantitative estimate of drug-likeness (QED) is 0.546. The zero-order valence-corrected chi connectivity index (χ0v) is 8.80. The van der Waals surface area contributed by atoms with Crippen LogP contribution in [0.25, 0.3) is 0 Å². The maximum Gasteiger partial charge on any atom is 0.138 e. The molecule has 4 heteroatoms. The third kappa shape index (κ3) is 1.74. The zero-order valence-electron chi connectivity index (χ0n) is 4.74. The van der Waals surface area contributed by atoms with Crippen LogP contribution >= 0.6 is 44.5 Å². The number of benzene rings is 1. The van der Waals surface area contributed by atoms with Gasteiger partial charge in [-0.2, -0.15) is 0 Å². The summed E-state index contributed by atoms with van der Waals surface area (Å²) in [6.45, 7) is 0. The molecule has 0 aromatic heterocycles. The second-order valence-corrected chi connectivity index (χ2v) is 3.91. The zero-order chi connectivity index (χ0) is 7.72. The SMILES string of the molecule is Fc1cc(S)c(Br)cc1Br. The molecule has 0 amide bonds. The van der Waals surface area contributed by atoms with Crippen molar-refractivity contribution in [1.82, 2.24) is 0 Å². The van der Waals surface area contributed by atoms with Gasteiger partial charge in [0.25, 0.3) is 0 Å². The summed E-state index contributed by atoms with van der Waals surface area (Å²) in [6, 6.07) is 2.97. The second-order valence-electron chi connectivity index (χ2n) is 1.72. The van der Waals surface area contributed by atoms with Crippen LogP contribution in [-0.4, -0.2) is 0 Å². The van der Waals surface area contributed by atoms with Crippen molar-refractivity contribution < 1.29 is 4.39 Å². The normalized spacial score (nSPS) is 10.0. The highest BCUT2D eigenvalue weighted by atomic mass is 79.9. The Balaban J connectivity index is 3.28. The molecule has 0 fully saturated rings. The van der Waals surface area contributed by atoms with Gasteiger partial charge in [-0.1, -0.05) is 0 Å². The van der Waals surface area contributed by atoms with Gasteiger partial charge in [-0.05, 0) is 44.0 Å². The van der Waals surface area contributed by atoms with Crippen LogP contribution in [0.2, 0.25) is 0 Å². The molecule has 0 nitrogen and oxygen atoms in total. The van der Waals surface area contributed by atoms with Gasteiger partial charge in [0.05, 0.1) is 4.47 Å². The predicted octanol–water partition coefficient (Wildman–Crippen LogP) is 3.64. The van der Waals surface area contributed by atoms with Gasteiger partial charge in [-0.25, -0.2) is 4.39 Å². The molecule has 0 radical (unpaired) electrons. The highest BCUT2D eigenvalue weighted by Gasteiger charge is 2.01. The molecular formula is C6H3Br2FS. The van der Waals surface area contributed by atoms with E-state index in [-0.39, 0.29) is 5.82 Å². The standard InChI is InChI=1S/C6H3Br2FS/c7-3-1-4(8)6(10)2-5(3)9/h1-2,10H. The summed E-state index contributed by atoms with van der Waals surface area (Å²) < 4.78 is 13.9. The Morgan fingerprint density at radius 1 is 1.20 bits per heavy atom. The molecule has 1 aromatic carbocycles. The minimum absolute atomic E-state index is 0.298. The molecule has 1 aromatic rings. The molecule has 0 saturated heterocycles. The molecule has 0 atom stereocenters. The molecule has 10 heavy (non-hydrogen) atoms. The average Bonchev–Trinajstić information content (AvgIpc) is 1.84. The number of rotatable bonds is 0. The number of thiol groups is 1. The van der Waals surface area contributed by atoms with E-state index in [9.17, 15) is 4.39 Å². The monoisotopic (exact) mass is 284 g/mol. The van der Waals surface area contributed by atoms with E-state index in [1.165, 1.54) is 6.07 Å². The van der Waals surface area contributed by atoms with Gasteiger partial charge >= 0.3 is 0 Å². The van der Waals surface area contributed by atoms with Crippen LogP contribution in [0.3, 0.4) is 0 Å². The second kappa shape index (κ2) is 3.24. The van der Waals surface area contributed by atoms with Gasteiger partial charge in [0.15, 0.2) is 0 Å². The van der Waals surface area contributed by atoms with Crippen molar-refractivity contribution in [3.63, 3.8) is 0 Å². The third-order valence-corrected chi connectivity index (χ3v) is 2.93. The summed E-state index contributed by atoms with van der Waals surface area (Å²) in [4.78, 5) is 0.598. The van der Waals surface area contributed by atoms with Gasteiger partial charge in [0.1, 0.15) is 5.82 Å². The van der Waals surface area contributed by atoms with E-state index in [0.29, 0.717) is 9.37 Å². The largest absolute Gasteiger partial charge is 0.206 e. The summed E-state index contributed by atoms with van der Waals surface area (Å²) in [5.74, 6) is -0.298. The van der Waals surface area contributed by atoms with Crippen LogP contribution in [0, 0.1) is 5.82 Å². The van der Waals surface area contributed by atoms with Crippen LogP contribution in [0.15, 0.2) is 26.0 Å². The van der Waals surface area contributed by atoms with Gasteiger partial charge in [-0.3, -0.25) is 0 Å². The van der Waals surface area contributed by atoms with Crippen molar-refractivity contribution in [2.45, 2.75) is 4.90 Å². The minimum atomic E-state index is -0.298. The van der Waals surface area contributed by atoms with E-state index in [2.05, 4.69) is 44.5 Å². The van der Waals surface area contributed by atoms with Crippen LogP contribution in [-0.2, 0) is 0 Å². The smallest absolute Gasteiger partial charge is 0.138 e. The number of hydrogen-bond donors (Lipinski definition) is 1. The molecule has 0 bridgehead atoms. The molecule has 0 spiro atoms. The Kier molecular flexibility index (Phi) is 2.77. The minimum Gasteiger partial charge on any atom is -0.206 e. The molecule has 0 N–H and O–H groups in total. The molecule has 0 heterocycles. The first-order chi connectivity index (χ1) is 4.61. The van der Waals surface area contributed by atoms with Gasteiger partial charge in [0.2, 0.25) is 0 Å². The first-order valence-corrected chi connectivity index (χ1v) is 4.48. The average molecular weight is 286 g/mol. The van der Waals surface area contributed by atoms with Gasteiger partial charge in [0, 0.05) is 9.37 Å².